The first kappa shape index (κ1) is 15.2. The third-order valence-corrected chi connectivity index (χ3v) is 2.54. The topological polar surface area (TPSA) is 35.5 Å². The number of alkyl halides is 6. The van der Waals surface area contributed by atoms with Crippen LogP contribution >= 0.6 is 0 Å². The van der Waals surface area contributed by atoms with E-state index < -0.39 is 29.9 Å². The van der Waals surface area contributed by atoms with Crippen molar-refractivity contribution in [2.45, 2.75) is 18.1 Å². The summed E-state index contributed by atoms with van der Waals surface area (Å²) in [6.07, 6.45) is -11.2. The highest BCUT2D eigenvalue weighted by molar-refractivity contribution is 5.93. The van der Waals surface area contributed by atoms with Gasteiger partial charge in [-0.2, -0.15) is 26.3 Å². The maximum Gasteiger partial charge on any atom is 0.478 e. The highest BCUT2D eigenvalue weighted by Crippen LogP contribution is 2.51. The molecular formula is C12H6F6O3. The van der Waals surface area contributed by atoms with E-state index >= 15 is 0 Å². The number of esters is 1. The molecule has 0 amide bonds. The lowest BCUT2D eigenvalue weighted by molar-refractivity contribution is -0.431. The van der Waals surface area contributed by atoms with E-state index in [0.29, 0.717) is 0 Å². The minimum atomic E-state index is -5.97. The van der Waals surface area contributed by atoms with Gasteiger partial charge in [0.05, 0.1) is 0 Å². The molecule has 114 valence electrons. The lowest BCUT2D eigenvalue weighted by atomic mass is 10.2. The van der Waals surface area contributed by atoms with Crippen molar-refractivity contribution in [1.82, 2.24) is 0 Å². The van der Waals surface area contributed by atoms with Crippen LogP contribution in [0.4, 0.5) is 26.3 Å². The Kier molecular flexibility index (Phi) is 3.38. The van der Waals surface area contributed by atoms with Gasteiger partial charge in [0.15, 0.2) is 0 Å². The van der Waals surface area contributed by atoms with E-state index in [9.17, 15) is 31.1 Å². The lowest BCUT2D eigenvalue weighted by Gasteiger charge is -2.29. The van der Waals surface area contributed by atoms with E-state index in [1.54, 1.807) is 6.07 Å². The van der Waals surface area contributed by atoms with Gasteiger partial charge in [0, 0.05) is 0 Å². The van der Waals surface area contributed by atoms with Gasteiger partial charge in [0.2, 0.25) is 5.76 Å². The normalized spacial score (nSPS) is 20.3. The molecule has 1 aromatic rings. The fraction of sp³-hybridized carbons (Fsp3) is 0.250. The molecule has 9 heteroatoms. The molecule has 0 bridgehead atoms. The van der Waals surface area contributed by atoms with Crippen LogP contribution in [0.1, 0.15) is 5.56 Å². The molecule has 2 rings (SSSR count). The number of cyclic esters (lactones) is 1. The van der Waals surface area contributed by atoms with Gasteiger partial charge < -0.3 is 9.47 Å². The third kappa shape index (κ3) is 2.55. The summed E-state index contributed by atoms with van der Waals surface area (Å²) >= 11 is 0. The standard InChI is InChI=1S/C12H6F6O3/c13-11(14,15)10(12(16,17)18)20-8(9(19)21-10)6-7-4-2-1-3-5-7/h1-6H. The molecule has 0 atom stereocenters. The third-order valence-electron chi connectivity index (χ3n) is 2.54. The van der Waals surface area contributed by atoms with Gasteiger partial charge in [-0.15, -0.1) is 0 Å². The first-order valence-electron chi connectivity index (χ1n) is 5.39. The Balaban J connectivity index is 2.44. The van der Waals surface area contributed by atoms with Crippen LogP contribution in [-0.2, 0) is 14.3 Å². The van der Waals surface area contributed by atoms with Gasteiger partial charge in [0.25, 0.3) is 0 Å². The first-order chi connectivity index (χ1) is 9.57. The predicted octanol–water partition coefficient (Wildman–Crippen LogP) is 3.42. The summed E-state index contributed by atoms with van der Waals surface area (Å²) in [5.74, 6) is -7.98. The molecule has 0 radical (unpaired) electrons. The second kappa shape index (κ2) is 4.68. The zero-order chi connectivity index (χ0) is 15.9. The monoisotopic (exact) mass is 312 g/mol. The average molecular weight is 312 g/mol. The molecule has 1 fully saturated rings. The maximum absolute atomic E-state index is 12.6. The largest absolute Gasteiger partial charge is 0.478 e. The van der Waals surface area contributed by atoms with Crippen LogP contribution in [0.15, 0.2) is 36.1 Å². The minimum absolute atomic E-state index is 0.185. The van der Waals surface area contributed by atoms with Crippen molar-refractivity contribution in [1.29, 1.82) is 0 Å². The van der Waals surface area contributed by atoms with Crippen LogP contribution < -0.4 is 0 Å². The quantitative estimate of drug-likeness (QED) is 0.453. The second-order valence-corrected chi connectivity index (χ2v) is 4.02. The van der Waals surface area contributed by atoms with E-state index in [1.165, 1.54) is 24.3 Å². The summed E-state index contributed by atoms with van der Waals surface area (Å²) in [4.78, 5) is 11.3. The van der Waals surface area contributed by atoms with Crippen LogP contribution in [0.3, 0.4) is 0 Å². The molecular weight excluding hydrogens is 306 g/mol. The van der Waals surface area contributed by atoms with Crippen molar-refractivity contribution in [2.75, 3.05) is 0 Å². The van der Waals surface area contributed by atoms with Gasteiger partial charge in [-0.25, -0.2) is 4.79 Å². The average Bonchev–Trinajstić information content (AvgIpc) is 2.68. The number of ether oxygens (including phenoxy) is 2. The molecule has 21 heavy (non-hydrogen) atoms. The Labute approximate surface area is 113 Å². The molecule has 0 aromatic heterocycles. The summed E-state index contributed by atoms with van der Waals surface area (Å²) < 4.78 is 83.2. The van der Waals surface area contributed by atoms with E-state index in [4.69, 9.17) is 0 Å². The molecule has 0 saturated carbocycles. The van der Waals surface area contributed by atoms with E-state index in [2.05, 4.69) is 9.47 Å². The Morgan fingerprint density at radius 3 is 1.86 bits per heavy atom. The van der Waals surface area contributed by atoms with Crippen LogP contribution in [0.5, 0.6) is 0 Å². The minimum Gasteiger partial charge on any atom is -0.430 e. The molecule has 1 aliphatic rings. The van der Waals surface area contributed by atoms with Crippen LogP contribution in [0, 0.1) is 0 Å². The number of carbonyl (C=O) groups is 1. The van der Waals surface area contributed by atoms with Gasteiger partial charge >= 0.3 is 24.1 Å². The fourth-order valence-electron chi connectivity index (χ4n) is 1.58. The molecule has 1 saturated heterocycles. The molecule has 1 aliphatic heterocycles. The Morgan fingerprint density at radius 2 is 1.43 bits per heavy atom. The summed E-state index contributed by atoms with van der Waals surface area (Å²) in [5, 5.41) is 0. The second-order valence-electron chi connectivity index (χ2n) is 4.02. The summed E-state index contributed by atoms with van der Waals surface area (Å²) in [6, 6.07) is 7.27. The maximum atomic E-state index is 12.6. The van der Waals surface area contributed by atoms with Gasteiger partial charge in [-0.05, 0) is 11.6 Å². The molecule has 0 aliphatic carbocycles. The van der Waals surface area contributed by atoms with Crippen LogP contribution in [0.2, 0.25) is 0 Å². The molecule has 0 unspecified atom stereocenters. The van der Waals surface area contributed by atoms with Gasteiger partial charge in [-0.3, -0.25) is 0 Å². The Morgan fingerprint density at radius 1 is 0.905 bits per heavy atom. The van der Waals surface area contributed by atoms with Crippen molar-refractivity contribution < 1.29 is 40.6 Å². The molecule has 0 spiro atoms. The molecule has 1 heterocycles. The zero-order valence-electron chi connectivity index (χ0n) is 9.96. The Bertz CT molecular complexity index is 559. The number of halogens is 6. The number of carbonyl (C=O) groups excluding carboxylic acids is 1. The fourth-order valence-corrected chi connectivity index (χ4v) is 1.58. The highest BCUT2D eigenvalue weighted by Gasteiger charge is 2.80. The first-order valence-corrected chi connectivity index (χ1v) is 5.39. The van der Waals surface area contributed by atoms with E-state index in [-0.39, 0.29) is 5.56 Å². The number of benzene rings is 1. The summed E-state index contributed by atoms with van der Waals surface area (Å²) in [6.45, 7) is 0. The van der Waals surface area contributed by atoms with E-state index in [1.807, 2.05) is 0 Å². The SMILES string of the molecule is O=C1OC(C(F)(F)F)(C(F)(F)F)OC1=Cc1ccccc1. The number of rotatable bonds is 1. The summed E-state index contributed by atoms with van der Waals surface area (Å²) in [7, 11) is 0. The predicted molar refractivity (Wildman–Crippen MR) is 56.4 cm³/mol. The summed E-state index contributed by atoms with van der Waals surface area (Å²) in [5.41, 5.74) is 0.185. The van der Waals surface area contributed by atoms with Crippen molar-refractivity contribution in [2.24, 2.45) is 0 Å². The molecule has 1 aromatic carbocycles. The van der Waals surface area contributed by atoms with Crippen LogP contribution in [0.25, 0.3) is 6.08 Å². The van der Waals surface area contributed by atoms with Crippen molar-refractivity contribution in [3.63, 3.8) is 0 Å². The van der Waals surface area contributed by atoms with Crippen LogP contribution in [-0.4, -0.2) is 24.1 Å². The van der Waals surface area contributed by atoms with E-state index in [0.717, 1.165) is 6.08 Å². The molecule has 3 nitrogen and oxygen atoms in total. The Hall–Kier alpha value is -2.19. The van der Waals surface area contributed by atoms with Crippen molar-refractivity contribution >= 4 is 12.0 Å². The molecule has 0 N–H and O–H groups in total. The number of hydrogen-bond donors (Lipinski definition) is 0. The van der Waals surface area contributed by atoms with Crippen molar-refractivity contribution in [3.05, 3.63) is 41.7 Å². The number of hydrogen-bond acceptors (Lipinski definition) is 3. The zero-order valence-corrected chi connectivity index (χ0v) is 9.96. The highest BCUT2D eigenvalue weighted by atomic mass is 19.4. The lowest BCUT2D eigenvalue weighted by Crippen LogP contribution is -2.57. The smallest absolute Gasteiger partial charge is 0.430 e. The van der Waals surface area contributed by atoms with Gasteiger partial charge in [0.1, 0.15) is 0 Å². The van der Waals surface area contributed by atoms with Gasteiger partial charge in [-0.1, -0.05) is 30.3 Å². The van der Waals surface area contributed by atoms with Crippen molar-refractivity contribution in [3.8, 4) is 0 Å².